The zero-order chi connectivity index (χ0) is 19.4. The molecule has 27 heavy (non-hydrogen) atoms. The number of guanidine groups is 1. The van der Waals surface area contributed by atoms with Crippen LogP contribution in [-0.4, -0.2) is 60.4 Å². The van der Waals surface area contributed by atoms with Gasteiger partial charge in [-0.25, -0.2) is 0 Å². The summed E-state index contributed by atoms with van der Waals surface area (Å²) in [7, 11) is 3.85. The van der Waals surface area contributed by atoms with E-state index < -0.39 is 0 Å². The number of benzene rings is 1. The fraction of sp³-hybridized carbons (Fsp3) is 0.500. The molecule has 2 aromatic rings. The maximum absolute atomic E-state index is 6.34. The van der Waals surface area contributed by atoms with Crippen molar-refractivity contribution in [2.24, 2.45) is 12.0 Å². The van der Waals surface area contributed by atoms with Crippen LogP contribution in [0, 0.1) is 13.8 Å². The smallest absolute Gasteiger partial charge is 0.193 e. The Balaban J connectivity index is 1.53. The Bertz CT molecular complexity index is 805. The number of para-hydroxylation sites is 1. The van der Waals surface area contributed by atoms with Gasteiger partial charge >= 0.3 is 0 Å². The summed E-state index contributed by atoms with van der Waals surface area (Å²) in [5.41, 5.74) is 4.78. The predicted molar refractivity (Wildman–Crippen MR) is 113 cm³/mol. The normalized spacial score (nSPS) is 15.4. The van der Waals surface area contributed by atoms with Crippen LogP contribution in [-0.2, 0) is 13.5 Å². The van der Waals surface area contributed by atoms with Crippen molar-refractivity contribution in [3.63, 3.8) is 0 Å². The Morgan fingerprint density at radius 3 is 2.48 bits per heavy atom. The van der Waals surface area contributed by atoms with E-state index in [2.05, 4.69) is 45.1 Å². The standard InChI is InChI=1S/C20H29ClN6/c1-15-17(16(2)25(4)24-15)9-10-23-20(22-3)27-13-11-26(12-14-27)19-8-6-5-7-18(19)21/h5-8H,9-14H2,1-4H3,(H,22,23). The van der Waals surface area contributed by atoms with Gasteiger partial charge in [0.15, 0.2) is 5.96 Å². The SMILES string of the molecule is CN=C(NCCc1c(C)nn(C)c1C)N1CCN(c2ccccc2Cl)CC1. The number of hydrogen-bond acceptors (Lipinski definition) is 3. The van der Waals surface area contributed by atoms with Gasteiger partial charge in [-0.1, -0.05) is 23.7 Å². The van der Waals surface area contributed by atoms with Gasteiger partial charge in [0.25, 0.3) is 0 Å². The number of piperazine rings is 1. The molecule has 1 fully saturated rings. The van der Waals surface area contributed by atoms with Crippen molar-refractivity contribution in [3.8, 4) is 0 Å². The fourth-order valence-electron chi connectivity index (χ4n) is 3.68. The molecule has 1 aliphatic heterocycles. The second-order valence-corrected chi connectivity index (χ2v) is 7.33. The molecule has 0 unspecified atom stereocenters. The molecule has 1 saturated heterocycles. The summed E-state index contributed by atoms with van der Waals surface area (Å²) in [6.45, 7) is 8.77. The lowest BCUT2D eigenvalue weighted by molar-refractivity contribution is 0.373. The van der Waals surface area contributed by atoms with Crippen LogP contribution in [0.4, 0.5) is 5.69 Å². The van der Waals surface area contributed by atoms with Gasteiger partial charge < -0.3 is 15.1 Å². The van der Waals surface area contributed by atoms with E-state index in [0.717, 1.165) is 61.5 Å². The highest BCUT2D eigenvalue weighted by molar-refractivity contribution is 6.33. The Hall–Kier alpha value is -2.21. The minimum atomic E-state index is 0.815. The first kappa shape index (κ1) is 19.5. The minimum absolute atomic E-state index is 0.815. The molecule has 0 radical (unpaired) electrons. The van der Waals surface area contributed by atoms with Crippen molar-refractivity contribution in [2.75, 3.05) is 44.7 Å². The highest BCUT2D eigenvalue weighted by atomic mass is 35.5. The van der Waals surface area contributed by atoms with Crippen LogP contribution in [0.5, 0.6) is 0 Å². The summed E-state index contributed by atoms with van der Waals surface area (Å²) >= 11 is 6.34. The number of halogens is 1. The number of aryl methyl sites for hydroxylation is 2. The van der Waals surface area contributed by atoms with Crippen LogP contribution in [0.2, 0.25) is 5.02 Å². The molecule has 146 valence electrons. The van der Waals surface area contributed by atoms with Crippen molar-refractivity contribution in [2.45, 2.75) is 20.3 Å². The van der Waals surface area contributed by atoms with Gasteiger partial charge in [0.2, 0.25) is 0 Å². The predicted octanol–water partition coefficient (Wildman–Crippen LogP) is 2.63. The molecular formula is C20H29ClN6. The van der Waals surface area contributed by atoms with Crippen molar-refractivity contribution >= 4 is 23.2 Å². The van der Waals surface area contributed by atoms with Gasteiger partial charge in [0.05, 0.1) is 16.4 Å². The van der Waals surface area contributed by atoms with Crippen molar-refractivity contribution in [1.29, 1.82) is 0 Å². The quantitative estimate of drug-likeness (QED) is 0.646. The first-order valence-corrected chi connectivity index (χ1v) is 9.83. The zero-order valence-electron chi connectivity index (χ0n) is 16.7. The van der Waals surface area contributed by atoms with E-state index >= 15 is 0 Å². The molecule has 1 aliphatic rings. The van der Waals surface area contributed by atoms with E-state index in [1.54, 1.807) is 0 Å². The third-order valence-electron chi connectivity index (χ3n) is 5.30. The number of hydrogen-bond donors (Lipinski definition) is 1. The first-order chi connectivity index (χ1) is 13.0. The highest BCUT2D eigenvalue weighted by Gasteiger charge is 2.21. The number of anilines is 1. The van der Waals surface area contributed by atoms with E-state index in [-0.39, 0.29) is 0 Å². The zero-order valence-corrected chi connectivity index (χ0v) is 17.4. The van der Waals surface area contributed by atoms with Crippen LogP contribution in [0.1, 0.15) is 17.0 Å². The number of aromatic nitrogens is 2. The van der Waals surface area contributed by atoms with Crippen LogP contribution in [0.15, 0.2) is 29.3 Å². The molecule has 0 spiro atoms. The maximum Gasteiger partial charge on any atom is 0.193 e. The molecule has 3 rings (SSSR count). The molecule has 0 bridgehead atoms. The molecular weight excluding hydrogens is 360 g/mol. The third kappa shape index (κ3) is 4.38. The molecule has 6 nitrogen and oxygen atoms in total. The summed E-state index contributed by atoms with van der Waals surface area (Å²) < 4.78 is 1.95. The molecule has 2 heterocycles. The Kier molecular flexibility index (Phi) is 6.26. The lowest BCUT2D eigenvalue weighted by Crippen LogP contribution is -2.52. The van der Waals surface area contributed by atoms with Gasteiger partial charge in [-0.15, -0.1) is 0 Å². The first-order valence-electron chi connectivity index (χ1n) is 9.45. The van der Waals surface area contributed by atoms with Crippen molar-refractivity contribution in [1.82, 2.24) is 20.0 Å². The summed E-state index contributed by atoms with van der Waals surface area (Å²) in [6, 6.07) is 8.05. The Labute approximate surface area is 166 Å². The van der Waals surface area contributed by atoms with Crippen molar-refractivity contribution in [3.05, 3.63) is 46.2 Å². The van der Waals surface area contributed by atoms with E-state index in [1.807, 2.05) is 37.0 Å². The van der Waals surface area contributed by atoms with Gasteiger partial charge in [-0.2, -0.15) is 5.10 Å². The summed E-state index contributed by atoms with van der Waals surface area (Å²) in [6.07, 6.45) is 0.949. The molecule has 1 N–H and O–H groups in total. The summed E-state index contributed by atoms with van der Waals surface area (Å²) in [4.78, 5) is 9.13. The number of nitrogens with one attached hydrogen (secondary N) is 1. The molecule has 0 atom stereocenters. The average Bonchev–Trinajstić information content (AvgIpc) is 2.92. The topological polar surface area (TPSA) is 48.7 Å². The van der Waals surface area contributed by atoms with E-state index in [9.17, 15) is 0 Å². The van der Waals surface area contributed by atoms with Gasteiger partial charge in [-0.05, 0) is 38.0 Å². The minimum Gasteiger partial charge on any atom is -0.367 e. The molecule has 1 aromatic carbocycles. The largest absolute Gasteiger partial charge is 0.367 e. The highest BCUT2D eigenvalue weighted by Crippen LogP contribution is 2.26. The lowest BCUT2D eigenvalue weighted by atomic mass is 10.1. The van der Waals surface area contributed by atoms with E-state index in [4.69, 9.17) is 11.6 Å². The molecule has 0 aliphatic carbocycles. The van der Waals surface area contributed by atoms with Gasteiger partial charge in [0, 0.05) is 52.5 Å². The molecule has 0 saturated carbocycles. The summed E-state index contributed by atoms with van der Waals surface area (Å²) in [5, 5.41) is 8.82. The maximum atomic E-state index is 6.34. The molecule has 0 amide bonds. The molecule has 1 aromatic heterocycles. The van der Waals surface area contributed by atoms with Crippen LogP contribution < -0.4 is 10.2 Å². The summed E-state index contributed by atoms with van der Waals surface area (Å²) in [5.74, 6) is 0.966. The number of rotatable bonds is 4. The Morgan fingerprint density at radius 2 is 1.89 bits per heavy atom. The van der Waals surface area contributed by atoms with Crippen molar-refractivity contribution < 1.29 is 0 Å². The van der Waals surface area contributed by atoms with E-state index in [1.165, 1.54) is 11.3 Å². The second-order valence-electron chi connectivity index (χ2n) is 6.92. The van der Waals surface area contributed by atoms with E-state index in [0.29, 0.717) is 0 Å². The lowest BCUT2D eigenvalue weighted by Gasteiger charge is -2.38. The fourth-order valence-corrected chi connectivity index (χ4v) is 3.93. The third-order valence-corrected chi connectivity index (χ3v) is 5.62. The average molecular weight is 389 g/mol. The van der Waals surface area contributed by atoms with Gasteiger partial charge in [-0.3, -0.25) is 9.67 Å². The molecule has 7 heteroatoms. The monoisotopic (exact) mass is 388 g/mol. The second kappa shape index (κ2) is 8.65. The van der Waals surface area contributed by atoms with Gasteiger partial charge in [0.1, 0.15) is 0 Å². The van der Waals surface area contributed by atoms with Crippen LogP contribution in [0.25, 0.3) is 0 Å². The number of nitrogens with zero attached hydrogens (tertiary/aromatic N) is 5. The van der Waals surface area contributed by atoms with Crippen LogP contribution in [0.3, 0.4) is 0 Å². The number of aliphatic imine (C=N–C) groups is 1. The Morgan fingerprint density at radius 1 is 1.19 bits per heavy atom. The van der Waals surface area contributed by atoms with Crippen LogP contribution >= 0.6 is 11.6 Å².